The molecule has 0 aliphatic carbocycles. The van der Waals surface area contributed by atoms with E-state index in [0.717, 1.165) is 34.6 Å². The van der Waals surface area contributed by atoms with Crippen molar-refractivity contribution in [3.8, 4) is 0 Å². The number of aliphatic carboxylic acids is 5. The zero-order valence-corrected chi connectivity index (χ0v) is 20.7. The molecule has 0 heterocycles. The summed E-state index contributed by atoms with van der Waals surface area (Å²) in [5.74, 6) is -5.42. The second kappa shape index (κ2) is 43.5. The molecule has 23 heavy (non-hydrogen) atoms. The molecule has 0 bridgehead atoms. The van der Waals surface area contributed by atoms with Crippen LogP contribution in [0.4, 0.5) is 0 Å². The molecule has 0 rings (SSSR count). The quantitative estimate of drug-likeness (QED) is 0.352. The Morgan fingerprint density at radius 3 is 0.478 bits per heavy atom. The third-order valence-electron chi connectivity index (χ3n) is 0. The Morgan fingerprint density at radius 1 is 0.478 bits per heavy atom. The second-order valence-electron chi connectivity index (χ2n) is 2.46. The maximum atomic E-state index is 8.89. The largest absolute Gasteiger partial charge is 2.00 e. The fraction of sp³-hybridized carbons (Fsp3) is 0.500. The second-order valence-corrected chi connectivity index (χ2v) is 2.46. The number of carboxylic acid groups (broad SMARTS) is 5. The summed E-state index contributed by atoms with van der Waals surface area (Å²) in [6.07, 6.45) is 0. The van der Waals surface area contributed by atoms with Crippen molar-refractivity contribution in [2.45, 2.75) is 34.6 Å². The van der Waals surface area contributed by atoms with Crippen molar-refractivity contribution in [1.82, 2.24) is 0 Å². The standard InChI is InChI=1S/5C2H4O2.Ca.K.Mg/c5*1-2(3)4;;;/h5*1H3,(H,3,4);;;/q;;;;;+2;+1;+2/p-5. The molecule has 0 saturated carbocycles. The van der Waals surface area contributed by atoms with Crippen LogP contribution in [-0.2, 0) is 24.0 Å². The van der Waals surface area contributed by atoms with Crippen LogP contribution >= 0.6 is 0 Å². The van der Waals surface area contributed by atoms with Crippen molar-refractivity contribution in [3.05, 3.63) is 0 Å². The Labute approximate surface area is 222 Å². The molecule has 0 fully saturated rings. The van der Waals surface area contributed by atoms with Crippen LogP contribution in [0.3, 0.4) is 0 Å². The van der Waals surface area contributed by atoms with Crippen LogP contribution in [0.2, 0.25) is 0 Å². The average Bonchev–Trinajstić information content (AvgIpc) is 1.94. The van der Waals surface area contributed by atoms with Gasteiger partial charge >= 0.3 is 112 Å². The molecule has 0 spiro atoms. The monoisotopic (exact) mass is 398 g/mol. The van der Waals surface area contributed by atoms with E-state index in [-0.39, 0.29) is 112 Å². The van der Waals surface area contributed by atoms with Crippen molar-refractivity contribution < 1.29 is 101 Å². The third-order valence-corrected chi connectivity index (χ3v) is 0. The minimum absolute atomic E-state index is 0. The normalized spacial score (nSPS) is 5.43. The van der Waals surface area contributed by atoms with Crippen LogP contribution in [0.1, 0.15) is 34.6 Å². The first-order valence-corrected chi connectivity index (χ1v) is 4.54. The zero-order chi connectivity index (χ0) is 17.9. The number of hydrogen-bond donors (Lipinski definition) is 0. The van der Waals surface area contributed by atoms with E-state index in [1.165, 1.54) is 0 Å². The molecule has 10 nitrogen and oxygen atoms in total. The van der Waals surface area contributed by atoms with E-state index in [0.29, 0.717) is 0 Å². The summed E-state index contributed by atoms with van der Waals surface area (Å²) < 4.78 is 0. The van der Waals surface area contributed by atoms with Crippen LogP contribution in [-0.4, -0.2) is 90.6 Å². The van der Waals surface area contributed by atoms with E-state index in [1.54, 1.807) is 0 Å². The third kappa shape index (κ3) is 9910. The van der Waals surface area contributed by atoms with Crippen LogP contribution in [0.25, 0.3) is 0 Å². The van der Waals surface area contributed by atoms with Crippen molar-refractivity contribution in [1.29, 1.82) is 0 Å². The van der Waals surface area contributed by atoms with E-state index in [2.05, 4.69) is 0 Å². The molecule has 0 aliphatic heterocycles. The average molecular weight is 399 g/mol. The maximum absolute atomic E-state index is 8.89. The summed E-state index contributed by atoms with van der Waals surface area (Å²) >= 11 is 0. The molecular formula is C10H15CaKMgO10. The van der Waals surface area contributed by atoms with Gasteiger partial charge in [0.25, 0.3) is 0 Å². The molecule has 0 radical (unpaired) electrons. The van der Waals surface area contributed by atoms with E-state index >= 15 is 0 Å². The Kier molecular flexibility index (Phi) is 93.8. The molecule has 0 aliphatic rings. The Bertz CT molecular complexity index is 222. The van der Waals surface area contributed by atoms with Gasteiger partial charge in [-0.15, -0.1) is 0 Å². The predicted octanol–water partition coefficient (Wildman–Crippen LogP) is -9.98. The van der Waals surface area contributed by atoms with Gasteiger partial charge in [-0.2, -0.15) is 0 Å². The van der Waals surface area contributed by atoms with Gasteiger partial charge in [-0.1, -0.05) is 0 Å². The van der Waals surface area contributed by atoms with E-state index in [4.69, 9.17) is 49.5 Å². The molecule has 0 atom stereocenters. The van der Waals surface area contributed by atoms with Gasteiger partial charge in [0.05, 0.1) is 0 Å². The van der Waals surface area contributed by atoms with Gasteiger partial charge in [-0.05, 0) is 34.6 Å². The number of carbonyl (C=O) groups is 5. The summed E-state index contributed by atoms with van der Waals surface area (Å²) in [7, 11) is 0. The molecule has 0 aromatic carbocycles. The van der Waals surface area contributed by atoms with E-state index in [1.807, 2.05) is 0 Å². The number of carboxylic acids is 5. The van der Waals surface area contributed by atoms with Gasteiger partial charge in [0.2, 0.25) is 0 Å². The molecule has 0 amide bonds. The molecular weight excluding hydrogens is 384 g/mol. The van der Waals surface area contributed by atoms with Gasteiger partial charge in [0.1, 0.15) is 0 Å². The van der Waals surface area contributed by atoms with Crippen LogP contribution in [0, 0.1) is 0 Å². The molecule has 0 N–H and O–H groups in total. The molecule has 0 unspecified atom stereocenters. The molecule has 120 valence electrons. The minimum Gasteiger partial charge on any atom is -0.550 e. The van der Waals surface area contributed by atoms with Crippen LogP contribution < -0.4 is 76.9 Å². The Hall–Kier alpha value is 1.01. The van der Waals surface area contributed by atoms with Crippen molar-refractivity contribution in [2.24, 2.45) is 0 Å². The summed E-state index contributed by atoms with van der Waals surface area (Å²) in [6.45, 7) is 4.86. The van der Waals surface area contributed by atoms with Crippen LogP contribution in [0.15, 0.2) is 0 Å². The zero-order valence-electron chi connectivity index (χ0n) is 14.0. The summed E-state index contributed by atoms with van der Waals surface area (Å²) in [5.41, 5.74) is 0. The molecule has 0 aromatic heterocycles. The molecule has 0 saturated heterocycles. The fourth-order valence-corrected chi connectivity index (χ4v) is 0. The van der Waals surface area contributed by atoms with Gasteiger partial charge in [-0.25, -0.2) is 0 Å². The van der Waals surface area contributed by atoms with E-state index in [9.17, 15) is 0 Å². The van der Waals surface area contributed by atoms with Crippen LogP contribution in [0.5, 0.6) is 0 Å². The van der Waals surface area contributed by atoms with Crippen molar-refractivity contribution in [3.63, 3.8) is 0 Å². The van der Waals surface area contributed by atoms with Crippen molar-refractivity contribution >= 4 is 90.6 Å². The number of hydrogen-bond acceptors (Lipinski definition) is 10. The molecule has 13 heteroatoms. The van der Waals surface area contributed by atoms with Crippen molar-refractivity contribution in [2.75, 3.05) is 0 Å². The first kappa shape index (κ1) is 49.6. The first-order valence-electron chi connectivity index (χ1n) is 4.54. The predicted molar refractivity (Wildman–Crippen MR) is 64.9 cm³/mol. The van der Waals surface area contributed by atoms with Gasteiger partial charge in [0, 0.05) is 29.8 Å². The fourth-order valence-electron chi connectivity index (χ4n) is 0. The summed E-state index contributed by atoms with van der Waals surface area (Å²) in [6, 6.07) is 0. The van der Waals surface area contributed by atoms with Gasteiger partial charge < -0.3 is 49.5 Å². The summed E-state index contributed by atoms with van der Waals surface area (Å²) in [5, 5.41) is 44.4. The maximum Gasteiger partial charge on any atom is 2.00 e. The topological polar surface area (TPSA) is 201 Å². The minimum atomic E-state index is -1.08. The Balaban J connectivity index is -0.0000000197. The number of rotatable bonds is 0. The van der Waals surface area contributed by atoms with Gasteiger partial charge in [0.15, 0.2) is 0 Å². The summed E-state index contributed by atoms with van der Waals surface area (Å²) in [4.78, 5) is 44.4. The Morgan fingerprint density at radius 2 is 0.478 bits per heavy atom. The number of carbonyl (C=O) groups excluding carboxylic acids is 5. The van der Waals surface area contributed by atoms with Gasteiger partial charge in [-0.3, -0.25) is 0 Å². The molecule has 0 aromatic rings. The first-order chi connectivity index (χ1) is 8.66. The SMILES string of the molecule is CC(=O)[O-].CC(=O)[O-].CC(=O)[O-].CC(=O)[O-].CC(=O)[O-].[Ca+2].[K+].[Mg+2]. The van der Waals surface area contributed by atoms with E-state index < -0.39 is 29.8 Å². The smallest absolute Gasteiger partial charge is 0.550 e.